The van der Waals surface area contributed by atoms with Gasteiger partial charge in [-0.25, -0.2) is 0 Å². The maximum absolute atomic E-state index is 5.84. The van der Waals surface area contributed by atoms with Gasteiger partial charge in [-0.2, -0.15) is 0 Å². The molecule has 0 aromatic carbocycles. The monoisotopic (exact) mass is 359 g/mol. The van der Waals surface area contributed by atoms with Gasteiger partial charge in [-0.15, -0.1) is 12.4 Å². The van der Waals surface area contributed by atoms with Gasteiger partial charge in [0.2, 0.25) is 0 Å². The molecule has 24 heavy (non-hydrogen) atoms. The Kier molecular flexibility index (Phi) is 8.79. The molecule has 3 saturated heterocycles. The first-order valence-corrected chi connectivity index (χ1v) is 10.00. The fourth-order valence-corrected chi connectivity index (χ4v) is 4.72. The van der Waals surface area contributed by atoms with Crippen molar-refractivity contribution in [2.45, 2.75) is 58.2 Å². The molecular weight excluding hydrogens is 322 g/mol. The van der Waals surface area contributed by atoms with Crippen LogP contribution in [0.1, 0.15) is 46.0 Å². The van der Waals surface area contributed by atoms with Crippen molar-refractivity contribution in [3.05, 3.63) is 0 Å². The summed E-state index contributed by atoms with van der Waals surface area (Å²) in [4.78, 5) is 5.37. The third-order valence-corrected chi connectivity index (χ3v) is 6.03. The van der Waals surface area contributed by atoms with Gasteiger partial charge in [-0.05, 0) is 90.5 Å². The minimum Gasteiger partial charge on any atom is -0.373 e. The Labute approximate surface area is 155 Å². The van der Waals surface area contributed by atoms with E-state index in [1.54, 1.807) is 0 Å². The van der Waals surface area contributed by atoms with Crippen molar-refractivity contribution < 1.29 is 4.74 Å². The molecule has 0 amide bonds. The number of rotatable bonds is 5. The first-order chi connectivity index (χ1) is 11.2. The second-order valence-electron chi connectivity index (χ2n) is 8.24. The molecule has 3 fully saturated rings. The van der Waals surface area contributed by atoms with Crippen LogP contribution in [0.5, 0.6) is 0 Å². The number of ether oxygens (including phenoxy) is 1. The van der Waals surface area contributed by atoms with Crippen LogP contribution in [0.3, 0.4) is 0 Å². The Morgan fingerprint density at radius 1 is 0.875 bits per heavy atom. The molecule has 0 aromatic heterocycles. The number of nitrogens with zero attached hydrogens (tertiary/aromatic N) is 2. The molecule has 4 nitrogen and oxygen atoms in total. The number of morpholine rings is 1. The molecule has 3 rings (SSSR count). The Morgan fingerprint density at radius 2 is 1.50 bits per heavy atom. The van der Waals surface area contributed by atoms with Gasteiger partial charge in [-0.1, -0.05) is 0 Å². The van der Waals surface area contributed by atoms with E-state index in [1.807, 2.05) is 0 Å². The Morgan fingerprint density at radius 3 is 2.12 bits per heavy atom. The predicted molar refractivity (Wildman–Crippen MR) is 103 cm³/mol. The lowest BCUT2D eigenvalue weighted by atomic mass is 9.91. The quantitative estimate of drug-likeness (QED) is 0.816. The van der Waals surface area contributed by atoms with Crippen LogP contribution in [0.15, 0.2) is 0 Å². The molecule has 142 valence electrons. The van der Waals surface area contributed by atoms with Crippen molar-refractivity contribution in [3.8, 4) is 0 Å². The van der Waals surface area contributed by atoms with Crippen LogP contribution in [-0.2, 0) is 4.74 Å². The van der Waals surface area contributed by atoms with E-state index >= 15 is 0 Å². The van der Waals surface area contributed by atoms with Gasteiger partial charge in [0.05, 0.1) is 12.2 Å². The molecule has 3 aliphatic rings. The summed E-state index contributed by atoms with van der Waals surface area (Å²) in [5, 5.41) is 3.48. The van der Waals surface area contributed by atoms with Crippen LogP contribution in [0.25, 0.3) is 0 Å². The van der Waals surface area contributed by atoms with Gasteiger partial charge in [-0.3, -0.25) is 4.90 Å². The molecule has 0 aromatic rings. The topological polar surface area (TPSA) is 27.7 Å². The maximum Gasteiger partial charge on any atom is 0.0678 e. The van der Waals surface area contributed by atoms with E-state index < -0.39 is 0 Å². The highest BCUT2D eigenvalue weighted by atomic mass is 35.5. The zero-order valence-corrected chi connectivity index (χ0v) is 16.5. The molecule has 2 unspecified atom stereocenters. The smallest absolute Gasteiger partial charge is 0.0678 e. The number of nitrogens with one attached hydrogen (secondary N) is 1. The van der Waals surface area contributed by atoms with Crippen molar-refractivity contribution in [3.63, 3.8) is 0 Å². The molecule has 0 bridgehead atoms. The van der Waals surface area contributed by atoms with Crippen molar-refractivity contribution in [1.82, 2.24) is 15.1 Å². The van der Waals surface area contributed by atoms with Crippen molar-refractivity contribution in [2.75, 3.05) is 52.4 Å². The summed E-state index contributed by atoms with van der Waals surface area (Å²) in [6.07, 6.45) is 7.80. The van der Waals surface area contributed by atoms with Crippen LogP contribution < -0.4 is 5.32 Å². The van der Waals surface area contributed by atoms with Crippen molar-refractivity contribution in [1.29, 1.82) is 0 Å². The number of piperidine rings is 2. The molecule has 0 radical (unpaired) electrons. The maximum atomic E-state index is 5.84. The third kappa shape index (κ3) is 6.45. The van der Waals surface area contributed by atoms with E-state index in [0.29, 0.717) is 12.2 Å². The SMILES string of the molecule is CC1CN(CCC2CCN(CC3CCNCC3)CC2)CC(C)O1.Cl. The minimum absolute atomic E-state index is 0. The lowest BCUT2D eigenvalue weighted by Crippen LogP contribution is -2.46. The highest BCUT2D eigenvalue weighted by molar-refractivity contribution is 5.85. The number of hydrogen-bond acceptors (Lipinski definition) is 4. The lowest BCUT2D eigenvalue weighted by Gasteiger charge is -2.38. The molecule has 0 aliphatic carbocycles. The van der Waals surface area contributed by atoms with E-state index in [9.17, 15) is 0 Å². The summed E-state index contributed by atoms with van der Waals surface area (Å²) in [7, 11) is 0. The summed E-state index contributed by atoms with van der Waals surface area (Å²) in [5.41, 5.74) is 0. The zero-order chi connectivity index (χ0) is 16.1. The largest absolute Gasteiger partial charge is 0.373 e. The standard InChI is InChI=1S/C19H37N3O.ClH/c1-16-13-22(14-17(2)23-16)12-7-18-5-10-21(11-6-18)15-19-3-8-20-9-4-19;/h16-20H,3-15H2,1-2H3;1H. The van der Waals surface area contributed by atoms with E-state index in [4.69, 9.17) is 4.74 Å². The highest BCUT2D eigenvalue weighted by Crippen LogP contribution is 2.24. The summed E-state index contributed by atoms with van der Waals surface area (Å²) in [6.45, 7) is 14.4. The molecule has 1 N–H and O–H groups in total. The summed E-state index contributed by atoms with van der Waals surface area (Å²) < 4.78 is 5.84. The molecule has 3 heterocycles. The molecule has 0 spiro atoms. The van der Waals surface area contributed by atoms with E-state index in [-0.39, 0.29) is 12.4 Å². The Balaban J connectivity index is 0.00000208. The van der Waals surface area contributed by atoms with Crippen LogP contribution in [0.4, 0.5) is 0 Å². The number of hydrogen-bond donors (Lipinski definition) is 1. The first kappa shape index (κ1) is 20.4. The van der Waals surface area contributed by atoms with Crippen LogP contribution >= 0.6 is 12.4 Å². The summed E-state index contributed by atoms with van der Waals surface area (Å²) in [6, 6.07) is 0. The van der Waals surface area contributed by atoms with Gasteiger partial charge >= 0.3 is 0 Å². The fourth-order valence-electron chi connectivity index (χ4n) is 4.72. The average molecular weight is 360 g/mol. The molecule has 2 atom stereocenters. The zero-order valence-electron chi connectivity index (χ0n) is 15.7. The minimum atomic E-state index is 0. The lowest BCUT2D eigenvalue weighted by molar-refractivity contribution is -0.0693. The van der Waals surface area contributed by atoms with E-state index in [0.717, 1.165) is 24.9 Å². The second-order valence-corrected chi connectivity index (χ2v) is 8.24. The molecule has 5 heteroatoms. The van der Waals surface area contributed by atoms with Crippen LogP contribution in [0.2, 0.25) is 0 Å². The third-order valence-electron chi connectivity index (χ3n) is 6.03. The average Bonchev–Trinajstić information content (AvgIpc) is 2.54. The molecule has 3 aliphatic heterocycles. The highest BCUT2D eigenvalue weighted by Gasteiger charge is 2.25. The molecule has 0 saturated carbocycles. The van der Waals surface area contributed by atoms with Gasteiger partial charge < -0.3 is 15.0 Å². The Bertz CT molecular complexity index is 334. The summed E-state index contributed by atoms with van der Waals surface area (Å²) in [5.74, 6) is 1.90. The number of likely N-dealkylation sites (tertiary alicyclic amines) is 1. The van der Waals surface area contributed by atoms with Gasteiger partial charge in [0.25, 0.3) is 0 Å². The fraction of sp³-hybridized carbons (Fsp3) is 1.00. The summed E-state index contributed by atoms with van der Waals surface area (Å²) >= 11 is 0. The Hall–Kier alpha value is 0.130. The van der Waals surface area contributed by atoms with Crippen LogP contribution in [0, 0.1) is 11.8 Å². The number of halogens is 1. The van der Waals surface area contributed by atoms with Crippen molar-refractivity contribution >= 4 is 12.4 Å². The second kappa shape index (κ2) is 10.3. The predicted octanol–water partition coefficient (Wildman–Crippen LogP) is 2.62. The van der Waals surface area contributed by atoms with Crippen LogP contribution in [-0.4, -0.2) is 74.4 Å². The van der Waals surface area contributed by atoms with E-state index in [2.05, 4.69) is 29.0 Å². The molecular formula is C19H38ClN3O. The van der Waals surface area contributed by atoms with E-state index in [1.165, 1.54) is 71.4 Å². The van der Waals surface area contributed by atoms with Gasteiger partial charge in [0.15, 0.2) is 0 Å². The first-order valence-electron chi connectivity index (χ1n) is 10.00. The normalized spacial score (nSPS) is 31.8. The van der Waals surface area contributed by atoms with Gasteiger partial charge in [0.1, 0.15) is 0 Å². The van der Waals surface area contributed by atoms with Gasteiger partial charge in [0, 0.05) is 19.6 Å². The van der Waals surface area contributed by atoms with Crippen molar-refractivity contribution in [2.24, 2.45) is 11.8 Å².